The first-order valence-electron chi connectivity index (χ1n) is 9.42. The molecular formula is C21H20F4N2O4. The first-order chi connectivity index (χ1) is 14.6. The summed E-state index contributed by atoms with van der Waals surface area (Å²) in [6.45, 7) is 2.42. The van der Waals surface area contributed by atoms with E-state index in [0.29, 0.717) is 32.0 Å². The molecule has 10 heteroatoms. The van der Waals surface area contributed by atoms with E-state index in [1.165, 1.54) is 25.1 Å². The van der Waals surface area contributed by atoms with Gasteiger partial charge in [-0.3, -0.25) is 9.59 Å². The monoisotopic (exact) mass is 440 g/mol. The lowest BCUT2D eigenvalue weighted by Crippen LogP contribution is -2.37. The fourth-order valence-electron chi connectivity index (χ4n) is 3.10. The number of Topliss-reactive ketones (excluding diaryl/α,β-unsaturated/α-hetero) is 1. The van der Waals surface area contributed by atoms with Gasteiger partial charge in [0.1, 0.15) is 11.6 Å². The molecule has 1 N–H and O–H groups in total. The minimum Gasteiger partial charge on any atom is -0.484 e. The van der Waals surface area contributed by atoms with Crippen LogP contribution < -0.4 is 15.0 Å². The van der Waals surface area contributed by atoms with Crippen molar-refractivity contribution in [3.63, 3.8) is 0 Å². The number of ether oxygens (including phenoxy) is 2. The number of benzene rings is 2. The highest BCUT2D eigenvalue weighted by Gasteiger charge is 2.32. The molecule has 1 fully saturated rings. The van der Waals surface area contributed by atoms with Crippen molar-refractivity contribution in [2.75, 3.05) is 43.1 Å². The molecule has 2 aromatic carbocycles. The molecule has 0 atom stereocenters. The summed E-state index contributed by atoms with van der Waals surface area (Å²) in [5, 5.41) is 2.44. The maximum absolute atomic E-state index is 13.9. The zero-order valence-corrected chi connectivity index (χ0v) is 16.6. The molecule has 2 aromatic rings. The van der Waals surface area contributed by atoms with Crippen molar-refractivity contribution in [3.05, 3.63) is 53.3 Å². The number of hydrogen-bond donors (Lipinski definition) is 1. The van der Waals surface area contributed by atoms with Gasteiger partial charge in [-0.15, -0.1) is 0 Å². The van der Waals surface area contributed by atoms with E-state index in [4.69, 9.17) is 9.47 Å². The predicted molar refractivity (Wildman–Crippen MR) is 105 cm³/mol. The fourth-order valence-corrected chi connectivity index (χ4v) is 3.10. The van der Waals surface area contributed by atoms with Gasteiger partial charge in [0.25, 0.3) is 5.91 Å². The van der Waals surface area contributed by atoms with Gasteiger partial charge < -0.3 is 19.7 Å². The van der Waals surface area contributed by atoms with Gasteiger partial charge in [-0.1, -0.05) is 0 Å². The Morgan fingerprint density at radius 1 is 1.13 bits per heavy atom. The zero-order valence-electron chi connectivity index (χ0n) is 16.6. The van der Waals surface area contributed by atoms with Crippen molar-refractivity contribution in [1.82, 2.24) is 0 Å². The minimum absolute atomic E-state index is 0.00935. The fraction of sp³-hybridized carbons (Fsp3) is 0.333. The molecule has 3 rings (SSSR count). The number of carbonyl (C=O) groups is 2. The number of alkyl halides is 3. The summed E-state index contributed by atoms with van der Waals surface area (Å²) in [5.74, 6) is -1.96. The van der Waals surface area contributed by atoms with E-state index >= 15 is 0 Å². The van der Waals surface area contributed by atoms with Crippen LogP contribution in [0.25, 0.3) is 0 Å². The van der Waals surface area contributed by atoms with Crippen molar-refractivity contribution in [3.8, 4) is 5.75 Å². The van der Waals surface area contributed by atoms with Gasteiger partial charge in [0.2, 0.25) is 0 Å². The number of halogens is 4. The second-order valence-electron chi connectivity index (χ2n) is 6.86. The lowest BCUT2D eigenvalue weighted by atomic mass is 10.1. The van der Waals surface area contributed by atoms with Gasteiger partial charge in [0.05, 0.1) is 35.7 Å². The molecule has 1 aliphatic heterocycles. The molecule has 1 aliphatic rings. The van der Waals surface area contributed by atoms with Gasteiger partial charge in [-0.05, 0) is 37.3 Å². The Hall–Kier alpha value is -3.14. The molecule has 0 unspecified atom stereocenters. The van der Waals surface area contributed by atoms with Gasteiger partial charge >= 0.3 is 6.18 Å². The second kappa shape index (κ2) is 9.34. The van der Waals surface area contributed by atoms with Crippen LogP contribution in [0, 0.1) is 5.82 Å². The number of rotatable bonds is 6. The summed E-state index contributed by atoms with van der Waals surface area (Å²) in [5.41, 5.74) is -0.594. The molecule has 0 aromatic heterocycles. The Balaban J connectivity index is 1.74. The van der Waals surface area contributed by atoms with Crippen LogP contribution in [0.15, 0.2) is 36.4 Å². The normalized spacial score (nSPS) is 14.3. The lowest BCUT2D eigenvalue weighted by molar-refractivity contribution is -0.137. The van der Waals surface area contributed by atoms with Crippen molar-refractivity contribution in [2.45, 2.75) is 13.1 Å². The van der Waals surface area contributed by atoms with E-state index in [2.05, 4.69) is 5.32 Å². The first-order valence-corrected chi connectivity index (χ1v) is 9.42. The third kappa shape index (κ3) is 5.72. The summed E-state index contributed by atoms with van der Waals surface area (Å²) in [6, 6.07) is 6.65. The molecule has 0 saturated carbocycles. The van der Waals surface area contributed by atoms with E-state index < -0.39 is 35.9 Å². The van der Waals surface area contributed by atoms with Crippen LogP contribution >= 0.6 is 0 Å². The Labute approximate surface area is 175 Å². The molecule has 0 bridgehead atoms. The van der Waals surface area contributed by atoms with E-state index in [1.807, 2.05) is 4.90 Å². The number of hydrogen-bond acceptors (Lipinski definition) is 5. The second-order valence-corrected chi connectivity index (χ2v) is 6.86. The number of amides is 1. The predicted octanol–water partition coefficient (Wildman–Crippen LogP) is 3.90. The topological polar surface area (TPSA) is 67.9 Å². The third-order valence-electron chi connectivity index (χ3n) is 4.64. The first kappa shape index (κ1) is 22.5. The summed E-state index contributed by atoms with van der Waals surface area (Å²) in [7, 11) is 0. The Bertz CT molecular complexity index is 972. The number of nitrogens with zero attached hydrogens (tertiary/aromatic N) is 1. The van der Waals surface area contributed by atoms with E-state index in [-0.39, 0.29) is 17.0 Å². The van der Waals surface area contributed by atoms with Crippen LogP contribution in [0.2, 0.25) is 0 Å². The average Bonchev–Trinajstić information content (AvgIpc) is 2.72. The van der Waals surface area contributed by atoms with Crippen LogP contribution in [-0.4, -0.2) is 44.6 Å². The number of anilines is 2. The number of morpholine rings is 1. The van der Waals surface area contributed by atoms with Gasteiger partial charge in [0.15, 0.2) is 12.4 Å². The molecule has 6 nitrogen and oxygen atoms in total. The molecule has 31 heavy (non-hydrogen) atoms. The van der Waals surface area contributed by atoms with Crippen LogP contribution in [0.3, 0.4) is 0 Å². The number of ketones is 1. The lowest BCUT2D eigenvalue weighted by Gasteiger charge is -2.31. The summed E-state index contributed by atoms with van der Waals surface area (Å²) in [4.78, 5) is 25.4. The van der Waals surface area contributed by atoms with E-state index in [9.17, 15) is 27.2 Å². The Kier molecular flexibility index (Phi) is 6.79. The van der Waals surface area contributed by atoms with Crippen molar-refractivity contribution >= 4 is 23.1 Å². The zero-order chi connectivity index (χ0) is 22.6. The molecular weight excluding hydrogens is 420 g/mol. The van der Waals surface area contributed by atoms with Crippen LogP contribution in [0.5, 0.6) is 5.75 Å². The largest absolute Gasteiger partial charge is 0.484 e. The highest BCUT2D eigenvalue weighted by molar-refractivity contribution is 5.96. The maximum atomic E-state index is 13.9. The summed E-state index contributed by atoms with van der Waals surface area (Å²) < 4.78 is 63.8. The quantitative estimate of drug-likeness (QED) is 0.545. The van der Waals surface area contributed by atoms with E-state index in [0.717, 1.165) is 18.2 Å². The third-order valence-corrected chi connectivity index (χ3v) is 4.64. The maximum Gasteiger partial charge on any atom is 0.416 e. The SMILES string of the molecule is CC(=O)c1ccc(OCC(=O)Nc2cc(C(F)(F)F)ccc2N2CCOCC2)cc1F. The van der Waals surface area contributed by atoms with Crippen molar-refractivity contribution in [2.24, 2.45) is 0 Å². The standard InChI is InChI=1S/C21H20F4N2O4/c1-13(28)16-4-3-15(11-17(16)22)31-12-20(29)26-18-10-14(21(23,24)25)2-5-19(18)27-6-8-30-9-7-27/h2-5,10-11H,6-9,12H2,1H3,(H,26,29). The Morgan fingerprint density at radius 2 is 1.84 bits per heavy atom. The molecule has 1 heterocycles. The molecule has 1 amide bonds. The highest BCUT2D eigenvalue weighted by atomic mass is 19.4. The van der Waals surface area contributed by atoms with Gasteiger partial charge in [-0.2, -0.15) is 13.2 Å². The van der Waals surface area contributed by atoms with Crippen LogP contribution in [0.4, 0.5) is 28.9 Å². The van der Waals surface area contributed by atoms with Gasteiger partial charge in [-0.25, -0.2) is 4.39 Å². The molecule has 0 aliphatic carbocycles. The number of carbonyl (C=O) groups excluding carboxylic acids is 2. The number of nitrogens with one attached hydrogen (secondary N) is 1. The van der Waals surface area contributed by atoms with Crippen LogP contribution in [-0.2, 0) is 15.7 Å². The van der Waals surface area contributed by atoms with Crippen LogP contribution in [0.1, 0.15) is 22.8 Å². The smallest absolute Gasteiger partial charge is 0.416 e. The average molecular weight is 440 g/mol. The molecule has 1 saturated heterocycles. The summed E-state index contributed by atoms with van der Waals surface area (Å²) >= 11 is 0. The highest BCUT2D eigenvalue weighted by Crippen LogP contribution is 2.35. The Morgan fingerprint density at radius 3 is 2.45 bits per heavy atom. The molecule has 0 spiro atoms. The minimum atomic E-state index is -4.57. The molecule has 0 radical (unpaired) electrons. The van der Waals surface area contributed by atoms with Crippen molar-refractivity contribution in [1.29, 1.82) is 0 Å². The van der Waals surface area contributed by atoms with Crippen molar-refractivity contribution < 1.29 is 36.6 Å². The van der Waals surface area contributed by atoms with E-state index in [1.54, 1.807) is 0 Å². The molecule has 166 valence electrons. The van der Waals surface area contributed by atoms with Gasteiger partial charge in [0, 0.05) is 19.2 Å². The summed E-state index contributed by atoms with van der Waals surface area (Å²) in [6.07, 6.45) is -4.57.